The van der Waals surface area contributed by atoms with Crippen molar-refractivity contribution in [2.45, 2.75) is 25.3 Å². The van der Waals surface area contributed by atoms with Gasteiger partial charge in [-0.25, -0.2) is 0 Å². The molecule has 2 aliphatic heterocycles. The Labute approximate surface area is 172 Å². The second kappa shape index (κ2) is 7.45. The summed E-state index contributed by atoms with van der Waals surface area (Å²) >= 11 is 0. The molecule has 1 aromatic carbocycles. The first-order valence-electron chi connectivity index (χ1n) is 9.85. The molecule has 1 fully saturated rings. The van der Waals surface area contributed by atoms with Gasteiger partial charge in [-0.2, -0.15) is 10.1 Å². The highest BCUT2D eigenvalue weighted by Gasteiger charge is 2.28. The Morgan fingerprint density at radius 3 is 3.03 bits per heavy atom. The number of hydrogen-bond donors (Lipinski definition) is 1. The number of aryl methyl sites for hydroxylation is 1. The normalized spacial score (nSPS) is 18.6. The molecule has 5 rings (SSSR count). The molecule has 2 N–H and O–H groups in total. The maximum atomic E-state index is 11.8. The van der Waals surface area contributed by atoms with E-state index in [9.17, 15) is 4.79 Å². The summed E-state index contributed by atoms with van der Waals surface area (Å²) in [6.45, 7) is 2.42. The van der Waals surface area contributed by atoms with Crippen LogP contribution in [0.2, 0.25) is 0 Å². The molecule has 0 saturated carbocycles. The van der Waals surface area contributed by atoms with Gasteiger partial charge in [0.2, 0.25) is 18.5 Å². The van der Waals surface area contributed by atoms with Crippen molar-refractivity contribution in [1.82, 2.24) is 24.8 Å². The molecule has 0 aliphatic carbocycles. The molecule has 2 aromatic heterocycles. The molecule has 0 radical (unpaired) electrons. The molecule has 30 heavy (non-hydrogen) atoms. The average molecular weight is 410 g/mol. The van der Waals surface area contributed by atoms with E-state index in [1.165, 1.54) is 0 Å². The van der Waals surface area contributed by atoms with E-state index in [2.05, 4.69) is 20.1 Å². The van der Waals surface area contributed by atoms with E-state index in [1.54, 1.807) is 17.9 Å². The molecule has 0 spiro atoms. The number of rotatable bonds is 5. The van der Waals surface area contributed by atoms with Crippen LogP contribution in [-0.2, 0) is 13.6 Å². The summed E-state index contributed by atoms with van der Waals surface area (Å²) in [6.07, 6.45) is 3.63. The van der Waals surface area contributed by atoms with Crippen LogP contribution in [-0.4, -0.2) is 50.6 Å². The lowest BCUT2D eigenvalue weighted by molar-refractivity contribution is 0.0997. The zero-order valence-corrected chi connectivity index (χ0v) is 16.6. The van der Waals surface area contributed by atoms with Crippen molar-refractivity contribution in [1.29, 1.82) is 0 Å². The molecule has 4 heterocycles. The van der Waals surface area contributed by atoms with Gasteiger partial charge in [0.05, 0.1) is 17.8 Å². The number of benzene rings is 1. The zero-order chi connectivity index (χ0) is 20.7. The number of carbonyl (C=O) groups is 1. The molecule has 1 saturated heterocycles. The molecule has 1 atom stereocenters. The fourth-order valence-corrected chi connectivity index (χ4v) is 4.08. The molecule has 10 heteroatoms. The smallest absolute Gasteiger partial charge is 0.252 e. The Kier molecular flexibility index (Phi) is 4.62. The van der Waals surface area contributed by atoms with Crippen LogP contribution < -0.4 is 15.2 Å². The molecule has 1 amide bonds. The van der Waals surface area contributed by atoms with Gasteiger partial charge in [-0.15, -0.1) is 0 Å². The first-order chi connectivity index (χ1) is 14.6. The monoisotopic (exact) mass is 410 g/mol. The van der Waals surface area contributed by atoms with Crippen molar-refractivity contribution < 1.29 is 18.8 Å². The Hall–Kier alpha value is -3.40. The van der Waals surface area contributed by atoms with Gasteiger partial charge in [-0.3, -0.25) is 14.4 Å². The van der Waals surface area contributed by atoms with Crippen molar-refractivity contribution >= 4 is 5.91 Å². The first kappa shape index (κ1) is 18.6. The molecular weight excluding hydrogens is 388 g/mol. The van der Waals surface area contributed by atoms with E-state index in [4.69, 9.17) is 19.7 Å². The number of ether oxygens (including phenoxy) is 2. The zero-order valence-electron chi connectivity index (χ0n) is 16.6. The summed E-state index contributed by atoms with van der Waals surface area (Å²) < 4.78 is 17.9. The van der Waals surface area contributed by atoms with Crippen molar-refractivity contribution in [3.8, 4) is 22.9 Å². The third-order valence-electron chi connectivity index (χ3n) is 5.47. The third-order valence-corrected chi connectivity index (χ3v) is 5.47. The fraction of sp³-hybridized carbons (Fsp3) is 0.400. The highest BCUT2D eigenvalue weighted by Crippen LogP contribution is 2.35. The third kappa shape index (κ3) is 3.50. The van der Waals surface area contributed by atoms with Gasteiger partial charge in [0.25, 0.3) is 5.91 Å². The number of nitrogens with zero attached hydrogens (tertiary/aromatic N) is 5. The average Bonchev–Trinajstić information content (AvgIpc) is 3.46. The predicted molar refractivity (Wildman–Crippen MR) is 105 cm³/mol. The van der Waals surface area contributed by atoms with Crippen molar-refractivity contribution in [3.05, 3.63) is 41.5 Å². The predicted octanol–water partition coefficient (Wildman–Crippen LogP) is 1.68. The standard InChI is InChI=1S/C20H22N6O4/c1-25-9-14(19(21)27)18(23-25)13-3-2-6-26(8-13)10-17-22-20(24-30-17)12-4-5-15-16(7-12)29-11-28-15/h4-5,7,9,13H,2-3,6,8,10-11H2,1H3,(H2,21,27). The van der Waals surface area contributed by atoms with Crippen LogP contribution in [0.4, 0.5) is 0 Å². The number of fused-ring (bicyclic) bond motifs is 1. The maximum absolute atomic E-state index is 11.8. The quantitative estimate of drug-likeness (QED) is 0.674. The summed E-state index contributed by atoms with van der Waals surface area (Å²) in [5.74, 6) is 2.14. The highest BCUT2D eigenvalue weighted by atomic mass is 16.7. The number of amides is 1. The second-order valence-corrected chi connectivity index (χ2v) is 7.62. The summed E-state index contributed by atoms with van der Waals surface area (Å²) in [5.41, 5.74) is 7.60. The number of piperidine rings is 1. The van der Waals surface area contributed by atoms with Crippen molar-refractivity contribution in [2.24, 2.45) is 12.8 Å². The lowest BCUT2D eigenvalue weighted by Gasteiger charge is -2.31. The van der Waals surface area contributed by atoms with Gasteiger partial charge >= 0.3 is 0 Å². The van der Waals surface area contributed by atoms with Gasteiger partial charge < -0.3 is 19.7 Å². The van der Waals surface area contributed by atoms with Gasteiger partial charge in [0, 0.05) is 31.3 Å². The molecule has 3 aromatic rings. The molecular formula is C20H22N6O4. The van der Waals surface area contributed by atoms with E-state index in [0.717, 1.165) is 37.2 Å². The topological polar surface area (TPSA) is 122 Å². The van der Waals surface area contributed by atoms with Crippen molar-refractivity contribution in [3.63, 3.8) is 0 Å². The van der Waals surface area contributed by atoms with Gasteiger partial charge in [0.15, 0.2) is 11.5 Å². The maximum Gasteiger partial charge on any atom is 0.252 e. The minimum atomic E-state index is -0.444. The van der Waals surface area contributed by atoms with Crippen LogP contribution in [0, 0.1) is 0 Å². The van der Waals surface area contributed by atoms with Crippen LogP contribution in [0.3, 0.4) is 0 Å². The fourth-order valence-electron chi connectivity index (χ4n) is 4.08. The Morgan fingerprint density at radius 1 is 1.30 bits per heavy atom. The van der Waals surface area contributed by atoms with Gasteiger partial charge in [-0.05, 0) is 37.6 Å². The SMILES string of the molecule is Cn1cc(C(N)=O)c(C2CCCN(Cc3nc(-c4ccc5c(c4)OCO5)no3)C2)n1. The Balaban J connectivity index is 1.29. The number of primary amides is 1. The van der Waals surface area contributed by atoms with E-state index >= 15 is 0 Å². The van der Waals surface area contributed by atoms with E-state index in [-0.39, 0.29) is 12.7 Å². The van der Waals surface area contributed by atoms with Crippen LogP contribution in [0.1, 0.15) is 40.7 Å². The van der Waals surface area contributed by atoms with E-state index < -0.39 is 5.91 Å². The summed E-state index contributed by atoms with van der Waals surface area (Å²) in [6, 6.07) is 5.57. The van der Waals surface area contributed by atoms with Crippen LogP contribution >= 0.6 is 0 Å². The minimum Gasteiger partial charge on any atom is -0.454 e. The lowest BCUT2D eigenvalue weighted by atomic mass is 9.92. The second-order valence-electron chi connectivity index (χ2n) is 7.62. The molecule has 2 aliphatic rings. The van der Waals surface area contributed by atoms with Crippen LogP contribution in [0.25, 0.3) is 11.4 Å². The largest absolute Gasteiger partial charge is 0.454 e. The van der Waals surface area contributed by atoms with Crippen LogP contribution in [0.5, 0.6) is 11.5 Å². The van der Waals surface area contributed by atoms with E-state index in [1.807, 2.05) is 18.2 Å². The molecule has 1 unspecified atom stereocenters. The lowest BCUT2D eigenvalue weighted by Crippen LogP contribution is -2.34. The number of nitrogens with two attached hydrogens (primary N) is 1. The number of carbonyl (C=O) groups excluding carboxylic acids is 1. The Bertz CT molecular complexity index is 1090. The summed E-state index contributed by atoms with van der Waals surface area (Å²) in [7, 11) is 1.80. The van der Waals surface area contributed by atoms with Crippen LogP contribution in [0.15, 0.2) is 28.9 Å². The minimum absolute atomic E-state index is 0.138. The number of hydrogen-bond acceptors (Lipinski definition) is 8. The molecule has 10 nitrogen and oxygen atoms in total. The highest BCUT2D eigenvalue weighted by molar-refractivity contribution is 5.93. The number of aromatic nitrogens is 4. The first-order valence-corrected chi connectivity index (χ1v) is 9.85. The summed E-state index contributed by atoms with van der Waals surface area (Å²) in [5, 5.41) is 8.59. The van der Waals surface area contributed by atoms with Gasteiger partial charge in [0.1, 0.15) is 0 Å². The van der Waals surface area contributed by atoms with Crippen molar-refractivity contribution in [2.75, 3.05) is 19.9 Å². The molecule has 0 bridgehead atoms. The summed E-state index contributed by atoms with van der Waals surface area (Å²) in [4.78, 5) is 18.5. The number of likely N-dealkylation sites (tertiary alicyclic amines) is 1. The molecule has 156 valence electrons. The Morgan fingerprint density at radius 2 is 2.17 bits per heavy atom. The van der Waals surface area contributed by atoms with E-state index in [0.29, 0.717) is 35.3 Å². The van der Waals surface area contributed by atoms with Gasteiger partial charge in [-0.1, -0.05) is 5.16 Å².